The first kappa shape index (κ1) is 10.2. The Labute approximate surface area is 91.2 Å². The van der Waals surface area contributed by atoms with Crippen LogP contribution in [0.25, 0.3) is 0 Å². The van der Waals surface area contributed by atoms with Gasteiger partial charge < -0.3 is 0 Å². The Bertz CT molecular complexity index is 331. The molecular formula is C11H15NOSe. The van der Waals surface area contributed by atoms with Crippen LogP contribution in [0.15, 0.2) is 0 Å². The van der Waals surface area contributed by atoms with Crippen LogP contribution in [0.5, 0.6) is 0 Å². The van der Waals surface area contributed by atoms with Gasteiger partial charge in [-0.15, -0.1) is 0 Å². The molecule has 0 saturated heterocycles. The Balaban J connectivity index is 2.40. The van der Waals surface area contributed by atoms with E-state index in [4.69, 9.17) is 5.26 Å². The molecule has 0 heterocycles. The summed E-state index contributed by atoms with van der Waals surface area (Å²) in [5.41, 5.74) is -0.0196. The summed E-state index contributed by atoms with van der Waals surface area (Å²) in [5.74, 6) is 0.847. The second-order valence-electron chi connectivity index (χ2n) is 5.19. The fourth-order valence-electron chi connectivity index (χ4n) is 3.20. The van der Waals surface area contributed by atoms with Crippen LogP contribution in [0, 0.1) is 27.0 Å². The monoisotopic (exact) mass is 257 g/mol. The summed E-state index contributed by atoms with van der Waals surface area (Å²) in [6, 6.07) is 0. The molecule has 0 radical (unpaired) electrons. The van der Waals surface area contributed by atoms with E-state index >= 15 is 0 Å². The molecule has 76 valence electrons. The first-order chi connectivity index (χ1) is 6.45. The van der Waals surface area contributed by atoms with E-state index in [0.29, 0.717) is 11.7 Å². The minimum atomic E-state index is -0.142. The molecular weight excluding hydrogens is 241 g/mol. The number of nitrogens with zero attached hydrogens (tertiary/aromatic N) is 1. The molecule has 14 heavy (non-hydrogen) atoms. The zero-order valence-corrected chi connectivity index (χ0v) is 10.5. The van der Waals surface area contributed by atoms with Gasteiger partial charge in [-0.3, -0.25) is 0 Å². The second kappa shape index (κ2) is 2.84. The SMILES string of the molecule is CC1(C)[C@@H]2CC[C@@]1(C)C(=O)[C@H]2[Se]C#N. The standard InChI is InChI=1S/C11H15NOSe/c1-10(2)7-4-5-11(10,3)9(13)8(7)14-6-12/h7-8H,4-5H2,1-3H3/t7-,8+,11+/m1/s1. The maximum atomic E-state index is 12.2. The van der Waals surface area contributed by atoms with Crippen molar-refractivity contribution < 1.29 is 4.79 Å². The van der Waals surface area contributed by atoms with Crippen molar-refractivity contribution in [1.82, 2.24) is 0 Å². The van der Waals surface area contributed by atoms with Gasteiger partial charge in [0.25, 0.3) is 0 Å². The molecule has 0 aromatic carbocycles. The third-order valence-electron chi connectivity index (χ3n) is 4.65. The molecule has 0 aromatic heterocycles. The summed E-state index contributed by atoms with van der Waals surface area (Å²) in [6.45, 7) is 6.51. The quantitative estimate of drug-likeness (QED) is 0.673. The van der Waals surface area contributed by atoms with E-state index in [2.05, 4.69) is 25.7 Å². The summed E-state index contributed by atoms with van der Waals surface area (Å²) in [6.07, 6.45) is 2.17. The first-order valence-corrected chi connectivity index (χ1v) is 6.89. The number of Topliss-reactive ketones (excluding diaryl/α,β-unsaturated/α-hetero) is 1. The first-order valence-electron chi connectivity index (χ1n) is 5.04. The molecule has 0 aromatic rings. The van der Waals surface area contributed by atoms with Crippen LogP contribution in [0.2, 0.25) is 4.82 Å². The predicted octanol–water partition coefficient (Wildman–Crippen LogP) is 1.99. The van der Waals surface area contributed by atoms with E-state index in [0.717, 1.165) is 12.8 Å². The predicted molar refractivity (Wildman–Crippen MR) is 54.7 cm³/mol. The van der Waals surface area contributed by atoms with Crippen molar-refractivity contribution >= 4 is 20.7 Å². The molecule has 2 aliphatic rings. The summed E-state index contributed by atoms with van der Waals surface area (Å²) < 4.78 is 0. The molecule has 0 aliphatic heterocycles. The molecule has 3 heteroatoms. The second-order valence-corrected chi connectivity index (χ2v) is 7.14. The molecule has 2 saturated carbocycles. The number of carbonyl (C=O) groups is 1. The van der Waals surface area contributed by atoms with Gasteiger partial charge in [0.1, 0.15) is 0 Å². The van der Waals surface area contributed by atoms with Crippen LogP contribution in [0.3, 0.4) is 0 Å². The number of hydrogen-bond donors (Lipinski definition) is 0. The van der Waals surface area contributed by atoms with Gasteiger partial charge in [-0.1, -0.05) is 0 Å². The topological polar surface area (TPSA) is 40.9 Å². The van der Waals surface area contributed by atoms with Crippen molar-refractivity contribution in [1.29, 1.82) is 5.26 Å². The Hall–Kier alpha value is -0.321. The average Bonchev–Trinajstić information content (AvgIpc) is 2.41. The van der Waals surface area contributed by atoms with Gasteiger partial charge >= 0.3 is 90.9 Å². The van der Waals surface area contributed by atoms with Crippen molar-refractivity contribution in [2.45, 2.75) is 38.4 Å². The number of rotatable bonds is 1. The van der Waals surface area contributed by atoms with E-state index < -0.39 is 0 Å². The van der Waals surface area contributed by atoms with Crippen LogP contribution in [0.4, 0.5) is 0 Å². The van der Waals surface area contributed by atoms with Crippen molar-refractivity contribution in [2.24, 2.45) is 16.7 Å². The Morgan fingerprint density at radius 1 is 1.50 bits per heavy atom. The van der Waals surface area contributed by atoms with Crippen LogP contribution in [0.1, 0.15) is 33.6 Å². The average molecular weight is 256 g/mol. The van der Waals surface area contributed by atoms with Crippen molar-refractivity contribution in [2.75, 3.05) is 0 Å². The Kier molecular flexibility index (Phi) is 2.07. The van der Waals surface area contributed by atoms with Crippen molar-refractivity contribution in [3.8, 4) is 4.97 Å². The zero-order valence-electron chi connectivity index (χ0n) is 8.83. The van der Waals surface area contributed by atoms with E-state index in [1.54, 1.807) is 0 Å². The minimum absolute atomic E-state index is 0.0845. The number of hydrogen-bond acceptors (Lipinski definition) is 2. The van der Waals surface area contributed by atoms with E-state index in [1.165, 1.54) is 0 Å². The number of ketones is 1. The van der Waals surface area contributed by atoms with Gasteiger partial charge in [0.05, 0.1) is 0 Å². The normalized spacial score (nSPS) is 44.0. The van der Waals surface area contributed by atoms with Gasteiger partial charge in [0, 0.05) is 0 Å². The molecule has 0 unspecified atom stereocenters. The molecule has 2 rings (SSSR count). The van der Waals surface area contributed by atoms with Crippen LogP contribution in [-0.4, -0.2) is 20.7 Å². The molecule has 0 amide bonds. The number of nitriles is 1. The molecule has 2 bridgehead atoms. The van der Waals surface area contributed by atoms with E-state index in [9.17, 15) is 4.79 Å². The fraction of sp³-hybridized carbons (Fsp3) is 0.818. The summed E-state index contributed by atoms with van der Waals surface area (Å²) in [5, 5.41) is 8.75. The molecule has 2 fully saturated rings. The summed E-state index contributed by atoms with van der Waals surface area (Å²) >= 11 is -0.142. The maximum absolute atomic E-state index is 12.2. The third kappa shape index (κ3) is 0.938. The van der Waals surface area contributed by atoms with Crippen molar-refractivity contribution in [3.05, 3.63) is 0 Å². The molecule has 3 atom stereocenters. The van der Waals surface area contributed by atoms with Gasteiger partial charge in [-0.25, -0.2) is 0 Å². The van der Waals surface area contributed by atoms with Gasteiger partial charge in [-0.2, -0.15) is 0 Å². The number of carbonyl (C=O) groups excluding carboxylic acids is 1. The van der Waals surface area contributed by atoms with Gasteiger partial charge in [0.15, 0.2) is 0 Å². The fourth-order valence-corrected chi connectivity index (χ4v) is 5.55. The van der Waals surface area contributed by atoms with E-state index in [1.807, 2.05) is 0 Å². The number of fused-ring (bicyclic) bond motifs is 2. The molecule has 2 nitrogen and oxygen atoms in total. The summed E-state index contributed by atoms with van der Waals surface area (Å²) in [7, 11) is 0. The van der Waals surface area contributed by atoms with Crippen LogP contribution >= 0.6 is 0 Å². The molecule has 2 aliphatic carbocycles. The molecule has 0 N–H and O–H groups in total. The van der Waals surface area contributed by atoms with Crippen LogP contribution in [-0.2, 0) is 4.79 Å². The Morgan fingerprint density at radius 2 is 2.14 bits per heavy atom. The summed E-state index contributed by atoms with van der Waals surface area (Å²) in [4.78, 5) is 14.5. The van der Waals surface area contributed by atoms with Gasteiger partial charge in [0.2, 0.25) is 0 Å². The van der Waals surface area contributed by atoms with Gasteiger partial charge in [-0.05, 0) is 0 Å². The Morgan fingerprint density at radius 3 is 2.57 bits per heavy atom. The van der Waals surface area contributed by atoms with Crippen molar-refractivity contribution in [3.63, 3.8) is 0 Å². The van der Waals surface area contributed by atoms with E-state index in [-0.39, 0.29) is 30.6 Å². The molecule has 0 spiro atoms. The zero-order chi connectivity index (χ0) is 10.6. The third-order valence-corrected chi connectivity index (χ3v) is 6.54. The van der Waals surface area contributed by atoms with Crippen LogP contribution < -0.4 is 0 Å².